The maximum atomic E-state index is 13.2. The Kier molecular flexibility index (Phi) is 4.31. The lowest BCUT2D eigenvalue weighted by Gasteiger charge is -2.22. The van der Waals surface area contributed by atoms with Crippen molar-refractivity contribution in [3.05, 3.63) is 29.6 Å². The molecule has 19 heavy (non-hydrogen) atoms. The Morgan fingerprint density at radius 2 is 1.79 bits per heavy atom. The molecule has 3 nitrogen and oxygen atoms in total. The third kappa shape index (κ3) is 4.00. The van der Waals surface area contributed by atoms with E-state index in [0.29, 0.717) is 12.1 Å². The minimum Gasteiger partial charge on any atom is -0.403 e. The first-order valence-corrected chi connectivity index (χ1v) is 4.86. The van der Waals surface area contributed by atoms with Crippen molar-refractivity contribution in [3.8, 4) is 5.75 Å². The van der Waals surface area contributed by atoms with Gasteiger partial charge in [-0.1, -0.05) is 6.07 Å². The van der Waals surface area contributed by atoms with E-state index in [1.54, 1.807) is 0 Å². The summed E-state index contributed by atoms with van der Waals surface area (Å²) in [6, 6.07) is -0.356. The van der Waals surface area contributed by atoms with Gasteiger partial charge in [-0.3, -0.25) is 0 Å². The first-order valence-electron chi connectivity index (χ1n) is 4.86. The minimum atomic E-state index is -5.10. The van der Waals surface area contributed by atoms with Crippen molar-refractivity contribution in [3.63, 3.8) is 0 Å². The molecule has 1 atom stereocenters. The van der Waals surface area contributed by atoms with Gasteiger partial charge in [-0.05, 0) is 17.7 Å². The highest BCUT2D eigenvalue weighted by Gasteiger charge is 2.38. The molecule has 0 saturated carbocycles. The maximum Gasteiger partial charge on any atom is 0.573 e. The molecule has 0 aliphatic carbocycles. The lowest BCUT2D eigenvalue weighted by atomic mass is 10.0. The second kappa shape index (κ2) is 5.25. The van der Waals surface area contributed by atoms with Gasteiger partial charge in [-0.2, -0.15) is 0 Å². The number of aliphatic hydroxyl groups is 1. The Morgan fingerprint density at radius 3 is 2.21 bits per heavy atom. The van der Waals surface area contributed by atoms with Crippen LogP contribution in [0.3, 0.4) is 0 Å². The quantitative estimate of drug-likeness (QED) is 0.837. The topological polar surface area (TPSA) is 55.5 Å². The highest BCUT2D eigenvalue weighted by molar-refractivity contribution is 5.32. The van der Waals surface area contributed by atoms with E-state index in [2.05, 4.69) is 4.74 Å². The predicted molar refractivity (Wildman–Crippen MR) is 52.0 cm³/mol. The number of aliphatic hydroxyl groups excluding tert-OH is 1. The van der Waals surface area contributed by atoms with Crippen molar-refractivity contribution < 1.29 is 36.2 Å². The van der Waals surface area contributed by atoms with Gasteiger partial charge in [-0.25, -0.2) is 13.2 Å². The lowest BCUT2D eigenvalue weighted by Crippen LogP contribution is -2.36. The summed E-state index contributed by atoms with van der Waals surface area (Å²) in [5.74, 6) is -6.37. The van der Waals surface area contributed by atoms with Crippen molar-refractivity contribution in [1.29, 1.82) is 0 Å². The summed E-state index contributed by atoms with van der Waals surface area (Å²) in [6.45, 7) is -1.57. The van der Waals surface area contributed by atoms with Crippen LogP contribution in [0.1, 0.15) is 11.6 Å². The van der Waals surface area contributed by atoms with Crippen molar-refractivity contribution in [2.24, 2.45) is 5.73 Å². The number of nitrogens with two attached hydrogens (primary N) is 1. The second-order valence-electron chi connectivity index (χ2n) is 3.63. The molecule has 0 aliphatic rings. The first kappa shape index (κ1) is 15.6. The Hall–Kier alpha value is -1.48. The third-order valence-corrected chi connectivity index (χ3v) is 2.21. The zero-order valence-corrected chi connectivity index (χ0v) is 9.22. The predicted octanol–water partition coefficient (Wildman–Crippen LogP) is 2.35. The fraction of sp³-hybridized carbons (Fsp3) is 0.400. The van der Waals surface area contributed by atoms with E-state index in [1.165, 1.54) is 0 Å². The number of halogens is 6. The Morgan fingerprint density at radius 1 is 1.21 bits per heavy atom. The van der Waals surface area contributed by atoms with Crippen molar-refractivity contribution in [2.45, 2.75) is 18.3 Å². The van der Waals surface area contributed by atoms with Gasteiger partial charge in [0.2, 0.25) is 0 Å². The highest BCUT2D eigenvalue weighted by atomic mass is 19.4. The van der Waals surface area contributed by atoms with Crippen LogP contribution < -0.4 is 10.5 Å². The summed E-state index contributed by atoms with van der Waals surface area (Å²) in [5, 5.41) is 8.41. The lowest BCUT2D eigenvalue weighted by molar-refractivity contribution is -0.275. The van der Waals surface area contributed by atoms with Crippen LogP contribution in [0.2, 0.25) is 0 Å². The van der Waals surface area contributed by atoms with Gasteiger partial charge in [0.15, 0.2) is 11.6 Å². The minimum absolute atomic E-state index is 0.398. The normalized spacial score (nSPS) is 14.3. The Labute approximate surface area is 103 Å². The number of hydrogen-bond acceptors (Lipinski definition) is 3. The van der Waals surface area contributed by atoms with Gasteiger partial charge < -0.3 is 15.6 Å². The van der Waals surface area contributed by atoms with Crippen LogP contribution in [0.25, 0.3) is 0 Å². The molecule has 0 aliphatic heterocycles. The van der Waals surface area contributed by atoms with Crippen LogP contribution >= 0.6 is 0 Å². The third-order valence-electron chi connectivity index (χ3n) is 2.21. The summed E-state index contributed by atoms with van der Waals surface area (Å²) in [5.41, 5.74) is 4.62. The molecule has 1 aromatic carbocycles. The van der Waals surface area contributed by atoms with Gasteiger partial charge in [-0.15, -0.1) is 13.2 Å². The molecule has 0 radical (unpaired) electrons. The molecule has 0 amide bonds. The van der Waals surface area contributed by atoms with E-state index >= 15 is 0 Å². The monoisotopic (exact) mass is 289 g/mol. The van der Waals surface area contributed by atoms with Crippen molar-refractivity contribution in [2.75, 3.05) is 6.61 Å². The number of alkyl halides is 5. The van der Waals surface area contributed by atoms with E-state index in [9.17, 15) is 26.3 Å². The summed E-state index contributed by atoms with van der Waals surface area (Å²) in [7, 11) is 0. The molecular formula is C10H9F6NO2. The number of rotatable bonds is 4. The highest BCUT2D eigenvalue weighted by Crippen LogP contribution is 2.32. The van der Waals surface area contributed by atoms with Gasteiger partial charge in [0.05, 0.1) is 6.04 Å². The molecule has 3 N–H and O–H groups in total. The molecule has 108 valence electrons. The van der Waals surface area contributed by atoms with Gasteiger partial charge in [0.1, 0.15) is 6.61 Å². The number of benzene rings is 1. The SMILES string of the molecule is N[C@@H](c1ccc(OC(F)(F)F)c(F)c1)C(F)(F)CO. The number of hydrogen-bond donors (Lipinski definition) is 2. The van der Waals surface area contributed by atoms with Crippen molar-refractivity contribution in [1.82, 2.24) is 0 Å². The molecule has 0 aromatic heterocycles. The average Bonchev–Trinajstić information content (AvgIpc) is 2.29. The summed E-state index contributed by atoms with van der Waals surface area (Å²) >= 11 is 0. The smallest absolute Gasteiger partial charge is 0.403 e. The van der Waals surface area contributed by atoms with Crippen LogP contribution in [-0.4, -0.2) is 24.0 Å². The van der Waals surface area contributed by atoms with E-state index < -0.39 is 42.1 Å². The van der Waals surface area contributed by atoms with E-state index in [4.69, 9.17) is 10.8 Å². The Bertz CT molecular complexity index is 448. The molecule has 0 bridgehead atoms. The van der Waals surface area contributed by atoms with Gasteiger partial charge in [0.25, 0.3) is 5.92 Å². The van der Waals surface area contributed by atoms with E-state index in [1.807, 2.05) is 0 Å². The van der Waals surface area contributed by atoms with E-state index in [-0.39, 0.29) is 0 Å². The van der Waals surface area contributed by atoms with E-state index in [0.717, 1.165) is 6.07 Å². The van der Waals surface area contributed by atoms with Crippen LogP contribution in [0, 0.1) is 5.82 Å². The van der Waals surface area contributed by atoms with Crippen LogP contribution in [0.4, 0.5) is 26.3 Å². The summed E-state index contributed by atoms with van der Waals surface area (Å²) in [6.07, 6.45) is -5.10. The molecular weight excluding hydrogens is 280 g/mol. The average molecular weight is 289 g/mol. The molecule has 0 unspecified atom stereocenters. The number of ether oxygens (including phenoxy) is 1. The molecule has 1 aromatic rings. The van der Waals surface area contributed by atoms with Crippen LogP contribution in [0.5, 0.6) is 5.75 Å². The maximum absolute atomic E-state index is 13.2. The van der Waals surface area contributed by atoms with Gasteiger partial charge >= 0.3 is 6.36 Å². The zero-order chi connectivity index (χ0) is 14.8. The van der Waals surface area contributed by atoms with Crippen molar-refractivity contribution >= 4 is 0 Å². The summed E-state index contributed by atoms with van der Waals surface area (Å²) in [4.78, 5) is 0. The molecule has 1 rings (SSSR count). The van der Waals surface area contributed by atoms with Crippen LogP contribution in [0.15, 0.2) is 18.2 Å². The van der Waals surface area contributed by atoms with Crippen LogP contribution in [-0.2, 0) is 0 Å². The first-order chi connectivity index (χ1) is 8.57. The molecule has 0 saturated heterocycles. The molecule has 0 heterocycles. The molecule has 9 heteroatoms. The zero-order valence-electron chi connectivity index (χ0n) is 9.22. The fourth-order valence-electron chi connectivity index (χ4n) is 1.26. The molecule has 0 fully saturated rings. The molecule has 0 spiro atoms. The second-order valence-corrected chi connectivity index (χ2v) is 3.63. The largest absolute Gasteiger partial charge is 0.573 e. The Balaban J connectivity index is 3.00. The van der Waals surface area contributed by atoms with Gasteiger partial charge in [0, 0.05) is 0 Å². The standard InChI is InChI=1S/C10H9F6NO2/c11-6-3-5(8(17)9(12,13)4-18)1-2-7(6)19-10(14,15)16/h1-3,8,18H,4,17H2/t8-/m0/s1. The summed E-state index contributed by atoms with van der Waals surface area (Å²) < 4.78 is 78.2. The fourth-order valence-corrected chi connectivity index (χ4v) is 1.26.